The molecule has 0 aliphatic carbocycles. The Balaban J connectivity index is 0.000000447. The molecule has 1 amide bonds. The van der Waals surface area contributed by atoms with Crippen molar-refractivity contribution < 1.29 is 29.7 Å². The standard InChI is InChI=1S/C17H20N2O2.C4H4O4/c1-17(19-16(21)12-18,14-5-3-2-4-6-14)11-13-7-9-15(20)10-8-13;5-3(6)1-2-4(7)8/h2-10,20H,11-12,18H2,1H3,(H,19,21);1-2H,(H,5,6)(H,7,8). The van der Waals surface area contributed by atoms with Gasteiger partial charge >= 0.3 is 11.9 Å². The summed E-state index contributed by atoms with van der Waals surface area (Å²) in [5.41, 5.74) is 6.92. The molecule has 0 bridgehead atoms. The molecule has 8 nitrogen and oxygen atoms in total. The van der Waals surface area contributed by atoms with Gasteiger partial charge in [0.2, 0.25) is 5.91 Å². The number of carbonyl (C=O) groups is 3. The lowest BCUT2D eigenvalue weighted by Gasteiger charge is -2.31. The molecule has 6 N–H and O–H groups in total. The lowest BCUT2D eigenvalue weighted by Crippen LogP contribution is -2.47. The second-order valence-corrected chi connectivity index (χ2v) is 6.30. The molecule has 0 saturated heterocycles. The Morgan fingerprint density at radius 3 is 1.93 bits per heavy atom. The topological polar surface area (TPSA) is 150 Å². The lowest BCUT2D eigenvalue weighted by molar-refractivity contribution is -0.134. The number of phenols is 1. The van der Waals surface area contributed by atoms with E-state index in [4.69, 9.17) is 15.9 Å². The van der Waals surface area contributed by atoms with Crippen molar-refractivity contribution >= 4 is 17.8 Å². The summed E-state index contributed by atoms with van der Waals surface area (Å²) in [5.74, 6) is -2.48. The maximum atomic E-state index is 11.8. The molecule has 29 heavy (non-hydrogen) atoms. The number of phenolic OH excluding ortho intramolecular Hbond substituents is 1. The average Bonchev–Trinajstić information content (AvgIpc) is 2.69. The van der Waals surface area contributed by atoms with Crippen LogP contribution in [0.3, 0.4) is 0 Å². The van der Waals surface area contributed by atoms with Gasteiger partial charge in [0, 0.05) is 12.2 Å². The average molecular weight is 400 g/mol. The quantitative estimate of drug-likeness (QED) is 0.443. The summed E-state index contributed by atoms with van der Waals surface area (Å²) < 4.78 is 0. The first kappa shape index (κ1) is 23.4. The smallest absolute Gasteiger partial charge is 0.328 e. The number of carboxylic acid groups (broad SMARTS) is 2. The van der Waals surface area contributed by atoms with Gasteiger partial charge in [-0.15, -0.1) is 0 Å². The van der Waals surface area contributed by atoms with Gasteiger partial charge < -0.3 is 26.4 Å². The monoisotopic (exact) mass is 400 g/mol. The fraction of sp³-hybridized carbons (Fsp3) is 0.190. The van der Waals surface area contributed by atoms with Crippen molar-refractivity contribution in [1.29, 1.82) is 0 Å². The van der Waals surface area contributed by atoms with Gasteiger partial charge in [0.25, 0.3) is 0 Å². The van der Waals surface area contributed by atoms with Gasteiger partial charge in [-0.1, -0.05) is 42.5 Å². The van der Waals surface area contributed by atoms with Crippen LogP contribution in [0.2, 0.25) is 0 Å². The van der Waals surface area contributed by atoms with Crippen LogP contribution >= 0.6 is 0 Å². The fourth-order valence-corrected chi connectivity index (χ4v) is 2.55. The molecule has 0 spiro atoms. The molecular weight excluding hydrogens is 376 g/mol. The number of benzene rings is 2. The number of rotatable bonds is 7. The van der Waals surface area contributed by atoms with Crippen LogP contribution < -0.4 is 11.1 Å². The minimum atomic E-state index is -1.26. The van der Waals surface area contributed by atoms with Crippen molar-refractivity contribution in [2.45, 2.75) is 18.9 Å². The highest BCUT2D eigenvalue weighted by molar-refractivity contribution is 5.89. The van der Waals surface area contributed by atoms with E-state index >= 15 is 0 Å². The summed E-state index contributed by atoms with van der Waals surface area (Å²) in [5, 5.41) is 28.0. The predicted octanol–water partition coefficient (Wildman–Crippen LogP) is 1.64. The molecule has 2 aromatic carbocycles. The fourth-order valence-electron chi connectivity index (χ4n) is 2.55. The van der Waals surface area contributed by atoms with E-state index < -0.39 is 17.5 Å². The third-order valence-electron chi connectivity index (χ3n) is 3.87. The molecule has 0 aliphatic heterocycles. The van der Waals surface area contributed by atoms with Gasteiger partial charge in [-0.05, 0) is 36.6 Å². The Kier molecular flexibility index (Phi) is 9.07. The van der Waals surface area contributed by atoms with Crippen molar-refractivity contribution in [1.82, 2.24) is 5.32 Å². The number of carbonyl (C=O) groups excluding carboxylic acids is 1. The number of nitrogens with one attached hydrogen (secondary N) is 1. The summed E-state index contributed by atoms with van der Waals surface area (Å²) >= 11 is 0. The van der Waals surface area contributed by atoms with Crippen molar-refractivity contribution in [2.75, 3.05) is 6.54 Å². The second-order valence-electron chi connectivity index (χ2n) is 6.30. The van der Waals surface area contributed by atoms with Crippen LogP contribution in [0.1, 0.15) is 18.1 Å². The van der Waals surface area contributed by atoms with E-state index in [9.17, 15) is 19.5 Å². The highest BCUT2D eigenvalue weighted by Gasteiger charge is 2.28. The summed E-state index contributed by atoms with van der Waals surface area (Å²) in [6.07, 6.45) is 1.73. The molecule has 1 unspecified atom stereocenters. The molecule has 8 heteroatoms. The Morgan fingerprint density at radius 1 is 0.966 bits per heavy atom. The van der Waals surface area contributed by atoms with Crippen LogP contribution in [-0.2, 0) is 26.3 Å². The number of amides is 1. The number of aliphatic carboxylic acids is 2. The van der Waals surface area contributed by atoms with Crippen molar-refractivity contribution in [3.8, 4) is 5.75 Å². The molecule has 1 atom stereocenters. The molecule has 0 saturated carbocycles. The number of nitrogens with two attached hydrogens (primary N) is 1. The van der Waals surface area contributed by atoms with E-state index in [0.29, 0.717) is 18.6 Å². The number of hydrogen-bond donors (Lipinski definition) is 5. The first-order chi connectivity index (χ1) is 13.7. The Morgan fingerprint density at radius 2 is 1.48 bits per heavy atom. The predicted molar refractivity (Wildman–Crippen MR) is 107 cm³/mol. The summed E-state index contributed by atoms with van der Waals surface area (Å²) in [7, 11) is 0. The highest BCUT2D eigenvalue weighted by Crippen LogP contribution is 2.26. The zero-order chi connectivity index (χ0) is 21.9. The van der Waals surface area contributed by atoms with Crippen molar-refractivity contribution in [3.05, 3.63) is 77.9 Å². The SMILES string of the molecule is CC(Cc1ccc(O)cc1)(NC(=O)CN)c1ccccc1.O=C(O)C=CC(=O)O. The molecule has 0 fully saturated rings. The van der Waals surface area contributed by atoms with Crippen LogP contribution in [0, 0.1) is 0 Å². The molecule has 0 aliphatic rings. The van der Waals surface area contributed by atoms with Crippen LogP contribution in [0.4, 0.5) is 0 Å². The minimum absolute atomic E-state index is 0.0436. The molecule has 0 radical (unpaired) electrons. The molecular formula is C21H24N2O6. The van der Waals surface area contributed by atoms with Crippen LogP contribution in [0.25, 0.3) is 0 Å². The van der Waals surface area contributed by atoms with Gasteiger partial charge in [-0.3, -0.25) is 4.79 Å². The van der Waals surface area contributed by atoms with Crippen molar-refractivity contribution in [3.63, 3.8) is 0 Å². The van der Waals surface area contributed by atoms with Crippen LogP contribution in [0.15, 0.2) is 66.7 Å². The second kappa shape index (κ2) is 11.3. The largest absolute Gasteiger partial charge is 0.508 e. The van der Waals surface area contributed by atoms with Crippen LogP contribution in [0.5, 0.6) is 5.75 Å². The Bertz CT molecular complexity index is 833. The van der Waals surface area contributed by atoms with Gasteiger partial charge in [0.15, 0.2) is 0 Å². The normalized spacial score (nSPS) is 12.3. The summed E-state index contributed by atoms with van der Waals surface area (Å²) in [6, 6.07) is 16.8. The Labute approximate surface area is 168 Å². The van der Waals surface area contributed by atoms with E-state index in [2.05, 4.69) is 5.32 Å². The molecule has 0 heterocycles. The molecule has 154 valence electrons. The van der Waals surface area contributed by atoms with Crippen LogP contribution in [-0.4, -0.2) is 39.7 Å². The van der Waals surface area contributed by atoms with Gasteiger partial charge in [-0.25, -0.2) is 9.59 Å². The minimum Gasteiger partial charge on any atom is -0.508 e. The molecule has 2 aromatic rings. The van der Waals surface area contributed by atoms with Gasteiger partial charge in [-0.2, -0.15) is 0 Å². The third-order valence-corrected chi connectivity index (χ3v) is 3.87. The van der Waals surface area contributed by atoms with E-state index in [1.54, 1.807) is 12.1 Å². The molecule has 0 aromatic heterocycles. The third kappa shape index (κ3) is 8.72. The maximum Gasteiger partial charge on any atom is 0.328 e. The van der Waals surface area contributed by atoms with E-state index in [0.717, 1.165) is 11.1 Å². The zero-order valence-corrected chi connectivity index (χ0v) is 15.9. The Hall–Kier alpha value is -3.65. The van der Waals surface area contributed by atoms with E-state index in [-0.39, 0.29) is 18.2 Å². The first-order valence-electron chi connectivity index (χ1n) is 8.64. The maximum absolute atomic E-state index is 11.8. The summed E-state index contributed by atoms with van der Waals surface area (Å²) in [4.78, 5) is 30.9. The van der Waals surface area contributed by atoms with Gasteiger partial charge in [0.05, 0.1) is 12.1 Å². The summed E-state index contributed by atoms with van der Waals surface area (Å²) in [6.45, 7) is 1.93. The molecule has 2 rings (SSSR count). The van der Waals surface area contributed by atoms with Crippen molar-refractivity contribution in [2.24, 2.45) is 5.73 Å². The number of aromatic hydroxyl groups is 1. The van der Waals surface area contributed by atoms with E-state index in [1.165, 1.54) is 0 Å². The van der Waals surface area contributed by atoms with E-state index in [1.807, 2.05) is 49.4 Å². The number of carboxylic acids is 2. The lowest BCUT2D eigenvalue weighted by atomic mass is 9.85. The number of hydrogen-bond acceptors (Lipinski definition) is 5. The van der Waals surface area contributed by atoms with Gasteiger partial charge in [0.1, 0.15) is 5.75 Å². The first-order valence-corrected chi connectivity index (χ1v) is 8.64. The highest BCUT2D eigenvalue weighted by atomic mass is 16.4. The zero-order valence-electron chi connectivity index (χ0n) is 15.9.